The van der Waals surface area contributed by atoms with Crippen molar-refractivity contribution in [3.05, 3.63) is 24.0 Å². The zero-order valence-electron chi connectivity index (χ0n) is 9.48. The average Bonchev–Trinajstić information content (AvgIpc) is 2.15. The van der Waals surface area contributed by atoms with Crippen LogP contribution < -0.4 is 10.1 Å². The predicted molar refractivity (Wildman–Crippen MR) is 58.5 cm³/mol. The van der Waals surface area contributed by atoms with Crippen molar-refractivity contribution in [1.82, 2.24) is 10.3 Å². The standard InChI is InChI=1S/C11H14N2O3/c1-11(2,3)13-10(15)16-9-4-5-12-6-8(9)7-14/h4-7H,1-3H3,(H,13,15). The molecule has 1 amide bonds. The minimum absolute atomic E-state index is 0.201. The van der Waals surface area contributed by atoms with E-state index in [2.05, 4.69) is 10.3 Å². The molecule has 1 aromatic rings. The molecule has 1 rings (SSSR count). The van der Waals surface area contributed by atoms with Crippen LogP contribution in [0.3, 0.4) is 0 Å². The van der Waals surface area contributed by atoms with Gasteiger partial charge in [-0.3, -0.25) is 9.78 Å². The van der Waals surface area contributed by atoms with Crippen LogP contribution in [0.1, 0.15) is 31.1 Å². The van der Waals surface area contributed by atoms with Crippen LogP contribution in [-0.2, 0) is 0 Å². The maximum Gasteiger partial charge on any atom is 0.413 e. The highest BCUT2D eigenvalue weighted by atomic mass is 16.6. The summed E-state index contributed by atoms with van der Waals surface area (Å²) in [7, 11) is 0. The lowest BCUT2D eigenvalue weighted by Gasteiger charge is -2.19. The Labute approximate surface area is 93.8 Å². The van der Waals surface area contributed by atoms with Crippen LogP contribution >= 0.6 is 0 Å². The molecule has 5 nitrogen and oxygen atoms in total. The molecule has 0 saturated carbocycles. The Hall–Kier alpha value is -1.91. The van der Waals surface area contributed by atoms with Gasteiger partial charge in [0.2, 0.25) is 0 Å². The molecule has 0 spiro atoms. The topological polar surface area (TPSA) is 68.3 Å². The van der Waals surface area contributed by atoms with E-state index >= 15 is 0 Å². The van der Waals surface area contributed by atoms with Crippen molar-refractivity contribution in [2.24, 2.45) is 0 Å². The Morgan fingerprint density at radius 2 is 2.19 bits per heavy atom. The second-order valence-electron chi connectivity index (χ2n) is 4.30. The van der Waals surface area contributed by atoms with E-state index in [1.54, 1.807) is 0 Å². The lowest BCUT2D eigenvalue weighted by Crippen LogP contribution is -2.42. The fraction of sp³-hybridized carbons (Fsp3) is 0.364. The van der Waals surface area contributed by atoms with Gasteiger partial charge in [0.05, 0.1) is 5.56 Å². The highest BCUT2D eigenvalue weighted by molar-refractivity contribution is 5.81. The van der Waals surface area contributed by atoms with Crippen LogP contribution in [0.25, 0.3) is 0 Å². The maximum atomic E-state index is 11.4. The summed E-state index contributed by atoms with van der Waals surface area (Å²) in [5, 5.41) is 2.62. The Morgan fingerprint density at radius 1 is 1.50 bits per heavy atom. The molecule has 0 aliphatic rings. The van der Waals surface area contributed by atoms with Crippen molar-refractivity contribution in [1.29, 1.82) is 0 Å². The van der Waals surface area contributed by atoms with E-state index in [0.717, 1.165) is 0 Å². The molecule has 1 aromatic heterocycles. The number of nitrogens with zero attached hydrogens (tertiary/aromatic N) is 1. The number of aromatic nitrogens is 1. The van der Waals surface area contributed by atoms with Gasteiger partial charge in [0.1, 0.15) is 5.75 Å². The molecule has 0 unspecified atom stereocenters. The molecule has 0 aliphatic heterocycles. The summed E-state index contributed by atoms with van der Waals surface area (Å²) in [6, 6.07) is 1.46. The minimum atomic E-state index is -0.596. The van der Waals surface area contributed by atoms with E-state index in [9.17, 15) is 9.59 Å². The summed E-state index contributed by atoms with van der Waals surface area (Å²) in [6.45, 7) is 5.50. The molecular formula is C11H14N2O3. The van der Waals surface area contributed by atoms with Crippen molar-refractivity contribution < 1.29 is 14.3 Å². The smallest absolute Gasteiger partial charge is 0.409 e. The van der Waals surface area contributed by atoms with E-state index in [1.165, 1.54) is 18.5 Å². The molecule has 5 heteroatoms. The van der Waals surface area contributed by atoms with Crippen LogP contribution in [-0.4, -0.2) is 22.9 Å². The number of ether oxygens (including phenoxy) is 1. The Morgan fingerprint density at radius 3 is 2.75 bits per heavy atom. The number of carbonyl (C=O) groups excluding carboxylic acids is 2. The molecule has 0 fully saturated rings. The lowest BCUT2D eigenvalue weighted by molar-refractivity contribution is 0.112. The van der Waals surface area contributed by atoms with Gasteiger partial charge in [-0.25, -0.2) is 4.79 Å². The second kappa shape index (κ2) is 4.74. The SMILES string of the molecule is CC(C)(C)NC(=O)Oc1ccncc1C=O. The first-order chi connectivity index (χ1) is 7.42. The Kier molecular flexibility index (Phi) is 3.60. The first-order valence-electron chi connectivity index (χ1n) is 4.81. The van der Waals surface area contributed by atoms with Crippen molar-refractivity contribution in [3.63, 3.8) is 0 Å². The van der Waals surface area contributed by atoms with Crippen molar-refractivity contribution in [2.45, 2.75) is 26.3 Å². The Balaban J connectivity index is 2.73. The largest absolute Gasteiger partial charge is 0.413 e. The van der Waals surface area contributed by atoms with Crippen LogP contribution in [0, 0.1) is 0 Å². The zero-order valence-corrected chi connectivity index (χ0v) is 9.48. The zero-order chi connectivity index (χ0) is 12.2. The highest BCUT2D eigenvalue weighted by Crippen LogP contribution is 2.14. The van der Waals surface area contributed by atoms with Crippen molar-refractivity contribution >= 4 is 12.4 Å². The molecule has 0 atom stereocenters. The molecule has 86 valence electrons. The van der Waals surface area contributed by atoms with Crippen LogP contribution in [0.15, 0.2) is 18.5 Å². The first-order valence-corrected chi connectivity index (χ1v) is 4.81. The third kappa shape index (κ3) is 3.68. The van der Waals surface area contributed by atoms with Gasteiger partial charge in [-0.1, -0.05) is 0 Å². The van der Waals surface area contributed by atoms with Gasteiger partial charge >= 0.3 is 6.09 Å². The highest BCUT2D eigenvalue weighted by Gasteiger charge is 2.16. The summed E-state index contributed by atoms with van der Waals surface area (Å²) < 4.78 is 4.99. The first kappa shape index (κ1) is 12.2. The lowest BCUT2D eigenvalue weighted by atomic mass is 10.1. The number of hydrogen-bond donors (Lipinski definition) is 1. The third-order valence-electron chi connectivity index (χ3n) is 1.62. The van der Waals surface area contributed by atoms with Crippen LogP contribution in [0.5, 0.6) is 5.75 Å². The van der Waals surface area contributed by atoms with Gasteiger partial charge in [-0.2, -0.15) is 0 Å². The van der Waals surface area contributed by atoms with E-state index in [-0.39, 0.29) is 16.9 Å². The van der Waals surface area contributed by atoms with Crippen LogP contribution in [0.2, 0.25) is 0 Å². The van der Waals surface area contributed by atoms with E-state index in [4.69, 9.17) is 4.74 Å². The van der Waals surface area contributed by atoms with Gasteiger partial charge in [0.25, 0.3) is 0 Å². The number of carbonyl (C=O) groups is 2. The van der Waals surface area contributed by atoms with Gasteiger partial charge < -0.3 is 10.1 Å². The molecule has 1 N–H and O–H groups in total. The number of amides is 1. The summed E-state index contributed by atoms with van der Waals surface area (Å²) in [6.07, 6.45) is 2.79. The minimum Gasteiger partial charge on any atom is -0.409 e. The fourth-order valence-corrected chi connectivity index (χ4v) is 1.01. The van der Waals surface area contributed by atoms with Crippen LogP contribution in [0.4, 0.5) is 4.79 Å². The van der Waals surface area contributed by atoms with Gasteiger partial charge in [-0.15, -0.1) is 0 Å². The molecule has 0 radical (unpaired) electrons. The molecule has 0 aliphatic carbocycles. The molecule has 0 saturated heterocycles. The molecule has 0 aromatic carbocycles. The van der Waals surface area contributed by atoms with Gasteiger partial charge in [0, 0.05) is 24.0 Å². The number of hydrogen-bond acceptors (Lipinski definition) is 4. The fourth-order valence-electron chi connectivity index (χ4n) is 1.01. The normalized spacial score (nSPS) is 10.7. The monoisotopic (exact) mass is 222 g/mol. The number of rotatable bonds is 2. The van der Waals surface area contributed by atoms with Crippen molar-refractivity contribution in [2.75, 3.05) is 0 Å². The molecule has 16 heavy (non-hydrogen) atoms. The summed E-state index contributed by atoms with van der Waals surface area (Å²) in [4.78, 5) is 25.8. The summed E-state index contributed by atoms with van der Waals surface area (Å²) in [5.74, 6) is 0.201. The number of aldehydes is 1. The van der Waals surface area contributed by atoms with Crippen molar-refractivity contribution in [3.8, 4) is 5.75 Å². The maximum absolute atomic E-state index is 11.4. The second-order valence-corrected chi connectivity index (χ2v) is 4.30. The average molecular weight is 222 g/mol. The third-order valence-corrected chi connectivity index (χ3v) is 1.62. The predicted octanol–water partition coefficient (Wildman–Crippen LogP) is 1.78. The van der Waals surface area contributed by atoms with E-state index < -0.39 is 6.09 Å². The molecular weight excluding hydrogens is 208 g/mol. The van der Waals surface area contributed by atoms with E-state index in [0.29, 0.717) is 6.29 Å². The summed E-state index contributed by atoms with van der Waals surface area (Å²) >= 11 is 0. The number of pyridine rings is 1. The molecule has 1 heterocycles. The molecule has 0 bridgehead atoms. The quantitative estimate of drug-likeness (QED) is 0.774. The Bertz CT molecular complexity index is 396. The number of nitrogens with one attached hydrogen (secondary N) is 1. The van der Waals surface area contributed by atoms with Gasteiger partial charge in [0.15, 0.2) is 6.29 Å². The summed E-state index contributed by atoms with van der Waals surface area (Å²) in [5.41, 5.74) is -0.141. The van der Waals surface area contributed by atoms with Gasteiger partial charge in [-0.05, 0) is 20.8 Å². The van der Waals surface area contributed by atoms with E-state index in [1.807, 2.05) is 20.8 Å².